The van der Waals surface area contributed by atoms with Gasteiger partial charge in [-0.1, -0.05) is 0 Å². The van der Waals surface area contributed by atoms with Gasteiger partial charge in [0.15, 0.2) is 11.6 Å². The number of fused-ring (bicyclic) bond motifs is 2. The number of aromatic nitrogens is 3. The second-order valence-electron chi connectivity index (χ2n) is 6.78. The van der Waals surface area contributed by atoms with Crippen molar-refractivity contribution >= 4 is 10.9 Å². The Morgan fingerprint density at radius 3 is 3.07 bits per heavy atom. The van der Waals surface area contributed by atoms with Gasteiger partial charge in [-0.05, 0) is 35.9 Å². The van der Waals surface area contributed by atoms with Crippen LogP contribution in [0.5, 0.6) is 0 Å². The van der Waals surface area contributed by atoms with Gasteiger partial charge in [0, 0.05) is 43.2 Å². The Morgan fingerprint density at radius 2 is 2.22 bits per heavy atom. The Morgan fingerprint density at radius 1 is 1.30 bits per heavy atom. The standard InChI is InChI=1S/C20H17FN4O2/c21-13-3-4-16-14(8-13)12(9-22-16)10-25-6-5-17-15(11-25)20(26)24-19(23-17)18-2-1-7-27-18/h1-4,7-9,22H,5-6,10-11H2,(H,23,24,26). The summed E-state index contributed by atoms with van der Waals surface area (Å²) in [7, 11) is 0. The van der Waals surface area contributed by atoms with Crippen LogP contribution < -0.4 is 5.56 Å². The molecule has 5 rings (SSSR count). The monoisotopic (exact) mass is 364 g/mol. The van der Waals surface area contributed by atoms with Gasteiger partial charge >= 0.3 is 0 Å². The van der Waals surface area contributed by atoms with Crippen molar-refractivity contribution in [2.24, 2.45) is 0 Å². The normalized spacial score (nSPS) is 14.6. The number of halogens is 1. The third-order valence-electron chi connectivity index (χ3n) is 5.03. The minimum absolute atomic E-state index is 0.138. The van der Waals surface area contributed by atoms with Crippen molar-refractivity contribution < 1.29 is 8.81 Å². The average molecular weight is 364 g/mol. The maximum absolute atomic E-state index is 13.6. The molecule has 4 heterocycles. The minimum Gasteiger partial charge on any atom is -0.461 e. The van der Waals surface area contributed by atoms with E-state index in [1.54, 1.807) is 30.5 Å². The lowest BCUT2D eigenvalue weighted by atomic mass is 10.1. The van der Waals surface area contributed by atoms with E-state index in [2.05, 4.69) is 19.9 Å². The summed E-state index contributed by atoms with van der Waals surface area (Å²) in [5, 5.41) is 0.876. The van der Waals surface area contributed by atoms with E-state index in [0.717, 1.165) is 28.7 Å². The number of hydrogen-bond donors (Lipinski definition) is 2. The molecule has 0 bridgehead atoms. The molecule has 4 aromatic rings. The number of H-pyrrole nitrogens is 2. The lowest BCUT2D eigenvalue weighted by molar-refractivity contribution is 0.242. The highest BCUT2D eigenvalue weighted by Gasteiger charge is 2.22. The maximum Gasteiger partial charge on any atom is 0.256 e. The molecule has 2 N–H and O–H groups in total. The smallest absolute Gasteiger partial charge is 0.256 e. The molecule has 7 heteroatoms. The number of rotatable bonds is 3. The first-order chi connectivity index (χ1) is 13.2. The molecule has 0 spiro atoms. The van der Waals surface area contributed by atoms with E-state index >= 15 is 0 Å². The zero-order valence-electron chi connectivity index (χ0n) is 14.5. The zero-order valence-corrected chi connectivity index (χ0v) is 14.5. The summed E-state index contributed by atoms with van der Waals surface area (Å²) in [6.45, 7) is 1.93. The van der Waals surface area contributed by atoms with E-state index in [9.17, 15) is 9.18 Å². The number of nitrogens with one attached hydrogen (secondary N) is 2. The highest BCUT2D eigenvalue weighted by atomic mass is 19.1. The van der Waals surface area contributed by atoms with Gasteiger partial charge < -0.3 is 14.4 Å². The SMILES string of the molecule is O=c1[nH]c(-c2ccco2)nc2c1CN(Cc1c[nH]c3ccc(F)cc13)CC2. The summed E-state index contributed by atoms with van der Waals surface area (Å²) in [5.41, 5.74) is 3.28. The minimum atomic E-state index is -0.251. The number of hydrogen-bond acceptors (Lipinski definition) is 4. The molecule has 0 fully saturated rings. The summed E-state index contributed by atoms with van der Waals surface area (Å²) in [6.07, 6.45) is 4.15. The van der Waals surface area contributed by atoms with Gasteiger partial charge in [0.25, 0.3) is 5.56 Å². The van der Waals surface area contributed by atoms with Crippen molar-refractivity contribution in [2.45, 2.75) is 19.5 Å². The molecule has 1 aliphatic rings. The van der Waals surface area contributed by atoms with Crippen LogP contribution >= 0.6 is 0 Å². The highest BCUT2D eigenvalue weighted by Crippen LogP contribution is 2.24. The van der Waals surface area contributed by atoms with Crippen LogP contribution in [0.1, 0.15) is 16.8 Å². The third-order valence-corrected chi connectivity index (χ3v) is 5.03. The van der Waals surface area contributed by atoms with Crippen LogP contribution in [0.3, 0.4) is 0 Å². The van der Waals surface area contributed by atoms with Crippen molar-refractivity contribution in [2.75, 3.05) is 6.54 Å². The maximum atomic E-state index is 13.6. The van der Waals surface area contributed by atoms with E-state index in [4.69, 9.17) is 4.42 Å². The van der Waals surface area contributed by atoms with Gasteiger partial charge in [-0.2, -0.15) is 0 Å². The Balaban J connectivity index is 1.42. The molecule has 136 valence electrons. The third kappa shape index (κ3) is 2.86. The van der Waals surface area contributed by atoms with Crippen LogP contribution in [0.4, 0.5) is 4.39 Å². The Kier molecular flexibility index (Phi) is 3.68. The number of furan rings is 1. The summed E-state index contributed by atoms with van der Waals surface area (Å²) < 4.78 is 18.9. The average Bonchev–Trinajstić information content (AvgIpc) is 3.33. The van der Waals surface area contributed by atoms with Gasteiger partial charge in [0.05, 0.1) is 17.5 Å². The molecule has 1 aliphatic heterocycles. The lowest BCUT2D eigenvalue weighted by Gasteiger charge is -2.27. The Hall–Kier alpha value is -3.19. The summed E-state index contributed by atoms with van der Waals surface area (Å²) in [6, 6.07) is 8.27. The largest absolute Gasteiger partial charge is 0.461 e. The van der Waals surface area contributed by atoms with E-state index in [0.29, 0.717) is 36.7 Å². The molecule has 0 amide bonds. The molecule has 6 nitrogen and oxygen atoms in total. The van der Waals surface area contributed by atoms with E-state index < -0.39 is 0 Å². The predicted molar refractivity (Wildman–Crippen MR) is 98.6 cm³/mol. The van der Waals surface area contributed by atoms with Crippen LogP contribution in [0.15, 0.2) is 52.0 Å². The predicted octanol–water partition coefficient (Wildman–Crippen LogP) is 3.21. The summed E-state index contributed by atoms with van der Waals surface area (Å²) >= 11 is 0. The number of benzene rings is 1. The van der Waals surface area contributed by atoms with E-state index in [-0.39, 0.29) is 11.4 Å². The fourth-order valence-electron chi connectivity index (χ4n) is 3.67. The quantitative estimate of drug-likeness (QED) is 0.585. The van der Waals surface area contributed by atoms with Crippen LogP contribution in [0.25, 0.3) is 22.5 Å². The van der Waals surface area contributed by atoms with Gasteiger partial charge in [0.2, 0.25) is 0 Å². The summed E-state index contributed by atoms with van der Waals surface area (Å²) in [4.78, 5) is 25.3. The molecule has 0 aliphatic carbocycles. The molecule has 0 saturated carbocycles. The topological polar surface area (TPSA) is 77.9 Å². The number of nitrogens with zero attached hydrogens (tertiary/aromatic N) is 2. The van der Waals surface area contributed by atoms with E-state index in [1.165, 1.54) is 6.07 Å². The summed E-state index contributed by atoms with van der Waals surface area (Å²) in [5.74, 6) is 0.765. The van der Waals surface area contributed by atoms with Gasteiger partial charge in [-0.15, -0.1) is 0 Å². The molecule has 0 unspecified atom stereocenters. The molecular formula is C20H17FN4O2. The number of aromatic amines is 2. The molecular weight excluding hydrogens is 347 g/mol. The lowest BCUT2D eigenvalue weighted by Crippen LogP contribution is -2.35. The first-order valence-corrected chi connectivity index (χ1v) is 8.81. The van der Waals surface area contributed by atoms with Gasteiger partial charge in [-0.25, -0.2) is 9.37 Å². The van der Waals surface area contributed by atoms with Crippen molar-refractivity contribution in [3.63, 3.8) is 0 Å². The Bertz CT molecular complexity index is 1180. The highest BCUT2D eigenvalue weighted by molar-refractivity contribution is 5.83. The molecule has 0 atom stereocenters. The molecule has 3 aromatic heterocycles. The van der Waals surface area contributed by atoms with Gasteiger partial charge in [-0.3, -0.25) is 9.69 Å². The van der Waals surface area contributed by atoms with Crippen LogP contribution in [0.2, 0.25) is 0 Å². The first kappa shape index (κ1) is 16.0. The first-order valence-electron chi connectivity index (χ1n) is 8.81. The second-order valence-corrected chi connectivity index (χ2v) is 6.78. The molecule has 0 saturated heterocycles. The zero-order chi connectivity index (χ0) is 18.4. The molecule has 0 radical (unpaired) electrons. The van der Waals surface area contributed by atoms with Crippen molar-refractivity contribution in [3.05, 3.63) is 75.8 Å². The Labute approximate surface area is 153 Å². The van der Waals surface area contributed by atoms with Crippen LogP contribution in [-0.2, 0) is 19.5 Å². The van der Waals surface area contributed by atoms with Crippen molar-refractivity contribution in [1.29, 1.82) is 0 Å². The fraction of sp³-hybridized carbons (Fsp3) is 0.200. The van der Waals surface area contributed by atoms with E-state index in [1.807, 2.05) is 6.20 Å². The van der Waals surface area contributed by atoms with Crippen molar-refractivity contribution in [1.82, 2.24) is 19.9 Å². The molecule has 27 heavy (non-hydrogen) atoms. The second kappa shape index (κ2) is 6.21. The van der Waals surface area contributed by atoms with Crippen LogP contribution in [-0.4, -0.2) is 26.4 Å². The molecule has 1 aromatic carbocycles. The van der Waals surface area contributed by atoms with Crippen LogP contribution in [0, 0.1) is 5.82 Å². The van der Waals surface area contributed by atoms with Crippen molar-refractivity contribution in [3.8, 4) is 11.6 Å². The fourth-order valence-corrected chi connectivity index (χ4v) is 3.67. The van der Waals surface area contributed by atoms with Gasteiger partial charge in [0.1, 0.15) is 5.82 Å².